The van der Waals surface area contributed by atoms with Crippen LogP contribution in [0, 0.1) is 0 Å². The highest BCUT2D eigenvalue weighted by atomic mass is 16.6. The Morgan fingerprint density at radius 2 is 1.63 bits per heavy atom. The Morgan fingerprint density at radius 3 is 2.35 bits per heavy atom. The van der Waals surface area contributed by atoms with Gasteiger partial charge in [0.1, 0.15) is 24.8 Å². The number of benzene rings is 2. The monoisotopic (exact) mass is 693 g/mol. The van der Waals surface area contributed by atoms with Crippen LogP contribution in [0.3, 0.4) is 0 Å². The molecule has 0 bridgehead atoms. The van der Waals surface area contributed by atoms with Gasteiger partial charge in [0.15, 0.2) is 11.2 Å². The maximum atomic E-state index is 13.3. The number of aliphatic hydroxyl groups is 1. The molecule has 10 heteroatoms. The van der Waals surface area contributed by atoms with Crippen molar-refractivity contribution in [2.24, 2.45) is 0 Å². The average molecular weight is 694 g/mol. The first-order chi connectivity index (χ1) is 24.8. The third-order valence-corrected chi connectivity index (χ3v) is 9.66. The summed E-state index contributed by atoms with van der Waals surface area (Å²) >= 11 is 0. The van der Waals surface area contributed by atoms with Crippen molar-refractivity contribution in [1.29, 1.82) is 0 Å². The molecule has 2 aliphatic rings. The number of hydrogen-bond donors (Lipinski definition) is 2. The van der Waals surface area contributed by atoms with Gasteiger partial charge in [-0.25, -0.2) is 9.97 Å². The maximum absolute atomic E-state index is 13.3. The summed E-state index contributed by atoms with van der Waals surface area (Å²) in [4.78, 5) is 22.2. The van der Waals surface area contributed by atoms with Gasteiger partial charge >= 0.3 is 0 Å². The number of imidazole rings is 1. The molecule has 2 aromatic heterocycles. The summed E-state index contributed by atoms with van der Waals surface area (Å²) in [6, 6.07) is 16.7. The Labute approximate surface area is 300 Å². The second-order valence-corrected chi connectivity index (χ2v) is 13.9. The molecule has 4 aromatic rings. The van der Waals surface area contributed by atoms with E-state index in [1.54, 1.807) is 21.8 Å². The summed E-state index contributed by atoms with van der Waals surface area (Å²) in [6.45, 7) is 10.6. The van der Waals surface area contributed by atoms with Gasteiger partial charge in [0, 0.05) is 19.5 Å². The first kappa shape index (κ1) is 36.6. The van der Waals surface area contributed by atoms with Crippen LogP contribution in [-0.2, 0) is 20.8 Å². The van der Waals surface area contributed by atoms with Gasteiger partial charge in [0.25, 0.3) is 5.56 Å². The van der Waals surface area contributed by atoms with Gasteiger partial charge in [-0.15, -0.1) is 0 Å². The van der Waals surface area contributed by atoms with Crippen molar-refractivity contribution in [2.45, 2.75) is 90.9 Å². The lowest BCUT2D eigenvalue weighted by atomic mass is 10.1. The van der Waals surface area contributed by atoms with Gasteiger partial charge in [0.05, 0.1) is 32.4 Å². The van der Waals surface area contributed by atoms with Crippen molar-refractivity contribution >= 4 is 11.2 Å². The number of hydrogen-bond acceptors (Lipinski definition) is 8. The lowest BCUT2D eigenvalue weighted by molar-refractivity contribution is -0.0614. The molecule has 3 atom stereocenters. The number of ether oxygens (including phenoxy) is 3. The van der Waals surface area contributed by atoms with E-state index in [9.17, 15) is 9.90 Å². The Kier molecular flexibility index (Phi) is 12.5. The summed E-state index contributed by atoms with van der Waals surface area (Å²) in [6.07, 6.45) is 12.4. The molecule has 0 spiro atoms. The SMILES string of the molecule is CC(C)=CCC/C(C)=C/CC/C(C)=C/Cn1cnc2c(ncn2C2CC(O)C(COCCNCOC3c4ccccc4-c4ccccc43)O2)c1=O. The minimum absolute atomic E-state index is 0.0997. The Balaban J connectivity index is 0.933. The molecule has 1 fully saturated rings. The summed E-state index contributed by atoms with van der Waals surface area (Å²) in [5, 5.41) is 14.0. The molecule has 270 valence electrons. The topological polar surface area (TPSA) is 113 Å². The number of nitrogens with one attached hydrogen (secondary N) is 1. The van der Waals surface area contributed by atoms with Gasteiger partial charge in [-0.1, -0.05) is 83.5 Å². The van der Waals surface area contributed by atoms with Crippen LogP contribution >= 0.6 is 0 Å². The smallest absolute Gasteiger partial charge is 0.281 e. The van der Waals surface area contributed by atoms with E-state index >= 15 is 0 Å². The van der Waals surface area contributed by atoms with E-state index in [-0.39, 0.29) is 23.8 Å². The predicted molar refractivity (Wildman–Crippen MR) is 200 cm³/mol. The zero-order valence-corrected chi connectivity index (χ0v) is 30.3. The third kappa shape index (κ3) is 9.01. The highest BCUT2D eigenvalue weighted by Crippen LogP contribution is 2.44. The van der Waals surface area contributed by atoms with E-state index in [1.807, 2.05) is 12.1 Å². The van der Waals surface area contributed by atoms with Crippen molar-refractivity contribution in [2.75, 3.05) is 26.5 Å². The quantitative estimate of drug-likeness (QED) is 0.0690. The zero-order chi connectivity index (χ0) is 35.7. The van der Waals surface area contributed by atoms with Crippen LogP contribution in [0.5, 0.6) is 0 Å². The highest BCUT2D eigenvalue weighted by molar-refractivity contribution is 5.78. The molecule has 0 saturated carbocycles. The van der Waals surface area contributed by atoms with Crippen LogP contribution in [-0.4, -0.2) is 62.9 Å². The van der Waals surface area contributed by atoms with E-state index in [4.69, 9.17) is 14.2 Å². The summed E-state index contributed by atoms with van der Waals surface area (Å²) in [7, 11) is 0. The molecular formula is C41H51N5O5. The minimum Gasteiger partial charge on any atom is -0.390 e. The predicted octanol–water partition coefficient (Wildman–Crippen LogP) is 7.01. The second-order valence-electron chi connectivity index (χ2n) is 13.9. The summed E-state index contributed by atoms with van der Waals surface area (Å²) in [5.74, 6) is 0. The van der Waals surface area contributed by atoms with Crippen LogP contribution in [0.25, 0.3) is 22.3 Å². The second kappa shape index (κ2) is 17.4. The number of nitrogens with zero attached hydrogens (tertiary/aromatic N) is 4. The number of allylic oxidation sites excluding steroid dienone is 6. The van der Waals surface area contributed by atoms with E-state index in [0.29, 0.717) is 38.5 Å². The number of aliphatic hydroxyl groups excluding tert-OH is 1. The fourth-order valence-corrected chi connectivity index (χ4v) is 6.76. The average Bonchev–Trinajstić information content (AvgIpc) is 3.81. The molecule has 2 N–H and O–H groups in total. The number of rotatable bonds is 17. The molecule has 3 unspecified atom stereocenters. The van der Waals surface area contributed by atoms with Crippen molar-refractivity contribution in [3.05, 3.63) is 118 Å². The molecule has 0 amide bonds. The lowest BCUT2D eigenvalue weighted by Gasteiger charge is -2.17. The van der Waals surface area contributed by atoms with E-state index < -0.39 is 18.4 Å². The zero-order valence-electron chi connectivity index (χ0n) is 30.3. The normalized spacial score (nSPS) is 19.1. The van der Waals surface area contributed by atoms with Gasteiger partial charge < -0.3 is 19.3 Å². The van der Waals surface area contributed by atoms with Crippen molar-refractivity contribution in [3.63, 3.8) is 0 Å². The third-order valence-electron chi connectivity index (χ3n) is 9.66. The van der Waals surface area contributed by atoms with Crippen molar-refractivity contribution < 1.29 is 19.3 Å². The molecule has 2 aromatic carbocycles. The molecule has 6 rings (SSSR count). The molecule has 51 heavy (non-hydrogen) atoms. The van der Waals surface area contributed by atoms with Gasteiger partial charge in [-0.3, -0.25) is 19.2 Å². The largest absolute Gasteiger partial charge is 0.390 e. The van der Waals surface area contributed by atoms with Crippen LogP contribution in [0.2, 0.25) is 0 Å². The fraction of sp³-hybridized carbons (Fsp3) is 0.439. The molecule has 1 aliphatic heterocycles. The molecular weight excluding hydrogens is 642 g/mol. The Hall–Kier alpha value is -4.19. The van der Waals surface area contributed by atoms with Crippen LogP contribution < -0.4 is 10.9 Å². The fourth-order valence-electron chi connectivity index (χ4n) is 6.76. The molecule has 3 heterocycles. The van der Waals surface area contributed by atoms with Crippen molar-refractivity contribution in [1.82, 2.24) is 24.4 Å². The van der Waals surface area contributed by atoms with Crippen molar-refractivity contribution in [3.8, 4) is 11.1 Å². The standard InChI is InChI=1S/C41H51N5O5/c1-28(2)11-9-12-29(3)13-10-14-30(4)19-21-45-25-44-40-38(41(45)48)43-26-46(40)37-23-35(47)36(51-37)24-49-22-20-42-27-50-39-33-17-7-5-15-31(33)32-16-6-8-18-34(32)39/h5-8,11,13,15-19,25-26,35-37,39,42,47H,9-10,12,14,20-24,27H2,1-4H3/b29-13+,30-19+. The molecule has 1 saturated heterocycles. The Morgan fingerprint density at radius 1 is 0.941 bits per heavy atom. The van der Waals surface area contributed by atoms with Crippen LogP contribution in [0.15, 0.2) is 101 Å². The van der Waals surface area contributed by atoms with Crippen LogP contribution in [0.4, 0.5) is 0 Å². The highest BCUT2D eigenvalue weighted by Gasteiger charge is 2.36. The van der Waals surface area contributed by atoms with E-state index in [1.165, 1.54) is 39.0 Å². The number of fused-ring (bicyclic) bond motifs is 4. The molecule has 10 nitrogen and oxygen atoms in total. The molecule has 0 radical (unpaired) electrons. The van der Waals surface area contributed by atoms with Gasteiger partial charge in [-0.05, 0) is 75.6 Å². The lowest BCUT2D eigenvalue weighted by Crippen LogP contribution is -2.29. The van der Waals surface area contributed by atoms with E-state index in [2.05, 4.69) is 97.6 Å². The first-order valence-electron chi connectivity index (χ1n) is 18.1. The summed E-state index contributed by atoms with van der Waals surface area (Å²) in [5.41, 5.74) is 9.34. The van der Waals surface area contributed by atoms with Gasteiger partial charge in [0.2, 0.25) is 0 Å². The first-order valence-corrected chi connectivity index (χ1v) is 18.1. The van der Waals surface area contributed by atoms with E-state index in [0.717, 1.165) is 25.7 Å². The minimum atomic E-state index is -0.712. The number of aromatic nitrogens is 4. The van der Waals surface area contributed by atoms with Crippen LogP contribution in [0.1, 0.15) is 83.3 Å². The Bertz CT molecular complexity index is 1890. The summed E-state index contributed by atoms with van der Waals surface area (Å²) < 4.78 is 21.6. The van der Waals surface area contributed by atoms with Gasteiger partial charge in [-0.2, -0.15) is 0 Å². The molecule has 1 aliphatic carbocycles. The maximum Gasteiger partial charge on any atom is 0.281 e.